The number of esters is 1. The number of nitrogens with zero attached hydrogens (tertiary/aromatic N) is 3. The van der Waals surface area contributed by atoms with Crippen molar-refractivity contribution < 1.29 is 29.2 Å². The van der Waals surface area contributed by atoms with Crippen LogP contribution in [0.3, 0.4) is 0 Å². The maximum atomic E-state index is 11.9. The molecule has 1 aromatic rings. The lowest BCUT2D eigenvalue weighted by atomic mass is 10.2. The number of carbonyl (C=O) groups excluding carboxylic acids is 1. The van der Waals surface area contributed by atoms with E-state index in [4.69, 9.17) is 4.74 Å². The Morgan fingerprint density at radius 1 is 1.39 bits per heavy atom. The first-order valence-electron chi connectivity index (χ1n) is 7.35. The van der Waals surface area contributed by atoms with Gasteiger partial charge in [-0.15, -0.1) is 0 Å². The molecule has 2 N–H and O–H groups in total. The average molecular weight is 330 g/mol. The van der Waals surface area contributed by atoms with Gasteiger partial charge in [-0.05, 0) is 6.92 Å². The summed E-state index contributed by atoms with van der Waals surface area (Å²) in [5.41, 5.74) is 0.284. The second-order valence-corrected chi connectivity index (χ2v) is 5.57. The van der Waals surface area contributed by atoms with E-state index in [-0.39, 0.29) is 42.2 Å². The summed E-state index contributed by atoms with van der Waals surface area (Å²) in [4.78, 5) is 22.7. The highest BCUT2D eigenvalue weighted by atomic mass is 16.6. The van der Waals surface area contributed by atoms with Gasteiger partial charge in [0.05, 0.1) is 31.8 Å². The third kappa shape index (κ3) is 4.50. The second kappa shape index (κ2) is 8.04. The Kier molecular flexibility index (Phi) is 6.67. The molecule has 0 unspecified atom stereocenters. The smallest absolute Gasteiger partial charge is 0.355 e. The summed E-state index contributed by atoms with van der Waals surface area (Å²) >= 11 is 0. The molecule has 0 radical (unpaired) electrons. The molecule has 9 heteroatoms. The molecule has 130 valence electrons. The van der Waals surface area contributed by atoms with Crippen molar-refractivity contribution in [3.63, 3.8) is 0 Å². The van der Waals surface area contributed by atoms with Crippen LogP contribution >= 0.6 is 0 Å². The fourth-order valence-corrected chi connectivity index (χ4v) is 2.49. The Bertz CT molecular complexity index is 563. The third-order valence-electron chi connectivity index (χ3n) is 3.83. The van der Waals surface area contributed by atoms with Gasteiger partial charge in [0.2, 0.25) is 0 Å². The summed E-state index contributed by atoms with van der Waals surface area (Å²) in [6, 6.07) is 1.20. The van der Waals surface area contributed by atoms with Gasteiger partial charge in [-0.2, -0.15) is 0 Å². The standard InChI is InChI=1S/C14H24N3O6/c1-4-23-14(20)12-9-11(16(21)22)13(15(12)2)10-17(3,5-7-18)6-8-19/h9,18-19H,4-8,10H2,1-3H3/q+1. The normalized spacial score (nSPS) is 11.5. The van der Waals surface area contributed by atoms with E-state index >= 15 is 0 Å². The van der Waals surface area contributed by atoms with Crippen LogP contribution in [0.2, 0.25) is 0 Å². The molecule has 0 aliphatic carbocycles. The number of aliphatic hydroxyl groups excluding tert-OH is 2. The lowest BCUT2D eigenvalue weighted by Gasteiger charge is -2.33. The molecule has 0 saturated carbocycles. The van der Waals surface area contributed by atoms with E-state index in [2.05, 4.69) is 0 Å². The van der Waals surface area contributed by atoms with E-state index in [1.165, 1.54) is 10.6 Å². The molecule has 0 spiro atoms. The molecule has 0 saturated heterocycles. The van der Waals surface area contributed by atoms with E-state index in [0.717, 1.165) is 0 Å². The monoisotopic (exact) mass is 330 g/mol. The van der Waals surface area contributed by atoms with E-state index < -0.39 is 10.9 Å². The van der Waals surface area contributed by atoms with Crippen LogP contribution in [0.15, 0.2) is 6.07 Å². The number of quaternary nitrogens is 1. The van der Waals surface area contributed by atoms with Crippen molar-refractivity contribution in [2.75, 3.05) is 40.0 Å². The Morgan fingerprint density at radius 2 is 1.96 bits per heavy atom. The summed E-state index contributed by atoms with van der Waals surface area (Å²) in [5, 5.41) is 29.7. The molecule has 0 bridgehead atoms. The molecular formula is C14H24N3O6+. The summed E-state index contributed by atoms with van der Waals surface area (Å²) in [6.45, 7) is 2.48. The Labute approximate surface area is 134 Å². The van der Waals surface area contributed by atoms with Gasteiger partial charge in [0.25, 0.3) is 5.69 Å². The molecule has 23 heavy (non-hydrogen) atoms. The predicted octanol–water partition coefficient (Wildman–Crippen LogP) is 0.0412. The number of nitro groups is 1. The molecule has 0 atom stereocenters. The van der Waals surface area contributed by atoms with Gasteiger partial charge in [0.15, 0.2) is 5.69 Å². The number of rotatable bonds is 9. The van der Waals surface area contributed by atoms with Crippen LogP contribution in [0.1, 0.15) is 23.1 Å². The molecular weight excluding hydrogens is 306 g/mol. The fourth-order valence-electron chi connectivity index (χ4n) is 2.49. The van der Waals surface area contributed by atoms with E-state index in [9.17, 15) is 25.1 Å². The highest BCUT2D eigenvalue weighted by Crippen LogP contribution is 2.26. The summed E-state index contributed by atoms with van der Waals surface area (Å²) in [6.07, 6.45) is 0. The Hall–Kier alpha value is -1.97. The number of aliphatic hydroxyl groups is 2. The van der Waals surface area contributed by atoms with Gasteiger partial charge in [0.1, 0.15) is 25.3 Å². The Balaban J connectivity index is 3.27. The average Bonchev–Trinajstić information content (AvgIpc) is 2.77. The molecule has 1 heterocycles. The van der Waals surface area contributed by atoms with E-state index in [1.54, 1.807) is 21.0 Å². The molecule has 1 rings (SSSR count). The van der Waals surface area contributed by atoms with Crippen LogP contribution in [0.4, 0.5) is 5.69 Å². The zero-order valence-electron chi connectivity index (χ0n) is 13.7. The first-order valence-corrected chi connectivity index (χ1v) is 7.35. The molecule has 9 nitrogen and oxygen atoms in total. The van der Waals surface area contributed by atoms with Gasteiger partial charge < -0.3 is 24.0 Å². The van der Waals surface area contributed by atoms with Crippen molar-refractivity contribution in [3.8, 4) is 0 Å². The van der Waals surface area contributed by atoms with Gasteiger partial charge in [0, 0.05) is 13.1 Å². The van der Waals surface area contributed by atoms with Crippen LogP contribution in [-0.4, -0.2) is 70.1 Å². The maximum Gasteiger partial charge on any atom is 0.355 e. The number of ether oxygens (including phenoxy) is 1. The lowest BCUT2D eigenvalue weighted by Crippen LogP contribution is -2.47. The highest BCUT2D eigenvalue weighted by molar-refractivity contribution is 5.89. The van der Waals surface area contributed by atoms with Gasteiger partial charge >= 0.3 is 5.97 Å². The van der Waals surface area contributed by atoms with E-state index in [1.807, 2.05) is 0 Å². The predicted molar refractivity (Wildman–Crippen MR) is 81.8 cm³/mol. The maximum absolute atomic E-state index is 11.9. The fraction of sp³-hybridized carbons (Fsp3) is 0.643. The minimum atomic E-state index is -0.622. The number of carbonyl (C=O) groups is 1. The van der Waals surface area contributed by atoms with E-state index in [0.29, 0.717) is 18.8 Å². The van der Waals surface area contributed by atoms with Crippen LogP contribution in [0.25, 0.3) is 0 Å². The van der Waals surface area contributed by atoms with Crippen molar-refractivity contribution in [2.45, 2.75) is 13.5 Å². The molecule has 0 aromatic carbocycles. The van der Waals surface area contributed by atoms with Crippen molar-refractivity contribution in [1.29, 1.82) is 0 Å². The van der Waals surface area contributed by atoms with Crippen LogP contribution in [0.5, 0.6) is 0 Å². The summed E-state index contributed by atoms with van der Waals surface area (Å²) < 4.78 is 6.58. The molecule has 0 fully saturated rings. The number of likely N-dealkylation sites (N-methyl/N-ethyl adjacent to an activating group) is 1. The number of hydrogen-bond donors (Lipinski definition) is 2. The highest BCUT2D eigenvalue weighted by Gasteiger charge is 2.32. The van der Waals surface area contributed by atoms with Gasteiger partial charge in [-0.1, -0.05) is 0 Å². The topological polar surface area (TPSA) is 115 Å². The van der Waals surface area contributed by atoms with Crippen molar-refractivity contribution in [2.24, 2.45) is 7.05 Å². The first-order chi connectivity index (χ1) is 10.8. The summed E-state index contributed by atoms with van der Waals surface area (Å²) in [7, 11) is 3.35. The third-order valence-corrected chi connectivity index (χ3v) is 3.83. The van der Waals surface area contributed by atoms with Crippen LogP contribution < -0.4 is 0 Å². The number of hydrogen-bond acceptors (Lipinski definition) is 6. The minimum Gasteiger partial charge on any atom is -0.461 e. The zero-order valence-corrected chi connectivity index (χ0v) is 13.7. The van der Waals surface area contributed by atoms with Gasteiger partial charge in [-0.25, -0.2) is 4.79 Å². The van der Waals surface area contributed by atoms with Crippen LogP contribution in [-0.2, 0) is 18.3 Å². The van der Waals surface area contributed by atoms with Crippen molar-refractivity contribution >= 4 is 11.7 Å². The molecule has 0 aliphatic rings. The second-order valence-electron chi connectivity index (χ2n) is 5.57. The lowest BCUT2D eigenvalue weighted by molar-refractivity contribution is -0.923. The summed E-state index contributed by atoms with van der Waals surface area (Å²) in [5.74, 6) is -0.622. The van der Waals surface area contributed by atoms with Gasteiger partial charge in [-0.3, -0.25) is 10.1 Å². The van der Waals surface area contributed by atoms with Crippen molar-refractivity contribution in [3.05, 3.63) is 27.6 Å². The van der Waals surface area contributed by atoms with Crippen LogP contribution in [0, 0.1) is 10.1 Å². The molecule has 0 aliphatic heterocycles. The quantitative estimate of drug-likeness (QED) is 0.286. The number of aromatic nitrogens is 1. The Morgan fingerprint density at radius 3 is 2.39 bits per heavy atom. The molecule has 0 amide bonds. The first kappa shape index (κ1) is 19.1. The molecule has 1 aromatic heterocycles. The SMILES string of the molecule is CCOC(=O)c1cc([N+](=O)[O-])c(C[N+](C)(CCO)CCO)n1C. The zero-order chi connectivity index (χ0) is 17.6. The largest absolute Gasteiger partial charge is 0.461 e. The minimum absolute atomic E-state index is 0.105. The van der Waals surface area contributed by atoms with Crippen molar-refractivity contribution in [1.82, 2.24) is 4.57 Å².